The maximum atomic E-state index is 12.9. The number of H-pyrrole nitrogens is 1. The summed E-state index contributed by atoms with van der Waals surface area (Å²) in [6, 6.07) is 10.1. The molecule has 0 spiro atoms. The van der Waals surface area contributed by atoms with E-state index in [2.05, 4.69) is 34.3 Å². The van der Waals surface area contributed by atoms with Crippen molar-refractivity contribution in [3.63, 3.8) is 0 Å². The average molecular weight is 437 g/mol. The Hall–Kier alpha value is -2.77. The number of hydrogen-bond acceptors (Lipinski definition) is 4. The zero-order valence-corrected chi connectivity index (χ0v) is 18.8. The molecule has 0 unspecified atom stereocenters. The quantitative estimate of drug-likeness (QED) is 0.576. The number of thiocarbonyl (C=S) groups is 1. The lowest BCUT2D eigenvalue weighted by Gasteiger charge is -2.27. The first-order valence-corrected chi connectivity index (χ1v) is 11.1. The largest absolute Gasteiger partial charge is 0.376 e. The van der Waals surface area contributed by atoms with Crippen LogP contribution in [0.3, 0.4) is 0 Å². The van der Waals surface area contributed by atoms with Crippen LogP contribution in [0, 0.1) is 13.8 Å². The van der Waals surface area contributed by atoms with Crippen molar-refractivity contribution in [3.05, 3.63) is 75.3 Å². The van der Waals surface area contributed by atoms with Crippen molar-refractivity contribution >= 4 is 28.2 Å². The number of benzene rings is 1. The maximum absolute atomic E-state index is 12.9. The number of fused-ring (bicyclic) bond motifs is 1. The summed E-state index contributed by atoms with van der Waals surface area (Å²) in [7, 11) is 0. The molecule has 4 rings (SSSR count). The van der Waals surface area contributed by atoms with Gasteiger partial charge in [-0.2, -0.15) is 0 Å². The van der Waals surface area contributed by atoms with E-state index in [0.29, 0.717) is 30.3 Å². The second-order valence-electron chi connectivity index (χ2n) is 8.21. The minimum Gasteiger partial charge on any atom is -0.376 e. The summed E-state index contributed by atoms with van der Waals surface area (Å²) in [5, 5.41) is 4.98. The van der Waals surface area contributed by atoms with Crippen molar-refractivity contribution in [3.8, 4) is 0 Å². The zero-order valence-electron chi connectivity index (χ0n) is 18.0. The fourth-order valence-corrected chi connectivity index (χ4v) is 4.30. The van der Waals surface area contributed by atoms with E-state index in [1.807, 2.05) is 36.2 Å². The lowest BCUT2D eigenvalue weighted by molar-refractivity contribution is 0.113. The number of aryl methyl sites for hydroxylation is 2. The van der Waals surface area contributed by atoms with Crippen LogP contribution in [0.1, 0.15) is 35.1 Å². The van der Waals surface area contributed by atoms with E-state index in [-0.39, 0.29) is 11.7 Å². The Morgan fingerprint density at radius 1 is 1.32 bits per heavy atom. The van der Waals surface area contributed by atoms with Crippen molar-refractivity contribution in [1.82, 2.24) is 20.2 Å². The Morgan fingerprint density at radius 3 is 2.94 bits per heavy atom. The van der Waals surface area contributed by atoms with Crippen molar-refractivity contribution in [2.75, 3.05) is 13.2 Å². The number of aromatic amines is 1. The molecule has 1 aromatic carbocycles. The smallest absolute Gasteiger partial charge is 0.253 e. The van der Waals surface area contributed by atoms with Crippen LogP contribution in [-0.2, 0) is 17.8 Å². The number of rotatable bonds is 6. The molecular formula is C24H28N4O2S. The van der Waals surface area contributed by atoms with E-state index in [0.717, 1.165) is 41.5 Å². The van der Waals surface area contributed by atoms with Crippen molar-refractivity contribution in [1.29, 1.82) is 0 Å². The van der Waals surface area contributed by atoms with Gasteiger partial charge < -0.3 is 19.9 Å². The summed E-state index contributed by atoms with van der Waals surface area (Å²) < 4.78 is 5.70. The molecule has 0 saturated carbocycles. The van der Waals surface area contributed by atoms with Gasteiger partial charge in [0.1, 0.15) is 0 Å². The Labute approximate surface area is 187 Å². The molecule has 1 aliphatic heterocycles. The summed E-state index contributed by atoms with van der Waals surface area (Å²) in [5.74, 6) is 0. The Balaban J connectivity index is 1.59. The molecule has 31 heavy (non-hydrogen) atoms. The molecule has 0 bridgehead atoms. The van der Waals surface area contributed by atoms with Gasteiger partial charge in [0.2, 0.25) is 0 Å². The fraction of sp³-hybridized carbons (Fsp3) is 0.375. The van der Waals surface area contributed by atoms with Crippen LogP contribution in [-0.4, -0.2) is 39.2 Å². The highest BCUT2D eigenvalue weighted by atomic mass is 32.1. The first-order chi connectivity index (χ1) is 15.0. The van der Waals surface area contributed by atoms with Gasteiger partial charge in [0.05, 0.1) is 18.2 Å². The van der Waals surface area contributed by atoms with Crippen molar-refractivity contribution < 1.29 is 4.74 Å². The van der Waals surface area contributed by atoms with Crippen LogP contribution in [0.5, 0.6) is 0 Å². The Morgan fingerprint density at radius 2 is 2.19 bits per heavy atom. The van der Waals surface area contributed by atoms with Gasteiger partial charge >= 0.3 is 0 Å². The number of ether oxygens (including phenoxy) is 1. The molecule has 1 fully saturated rings. The molecular weight excluding hydrogens is 408 g/mol. The van der Waals surface area contributed by atoms with Gasteiger partial charge in [-0.25, -0.2) is 0 Å². The zero-order chi connectivity index (χ0) is 21.8. The van der Waals surface area contributed by atoms with Crippen LogP contribution in [0.15, 0.2) is 47.5 Å². The minimum absolute atomic E-state index is 0.0856. The molecule has 3 aromatic rings. The van der Waals surface area contributed by atoms with E-state index in [1.165, 1.54) is 5.56 Å². The summed E-state index contributed by atoms with van der Waals surface area (Å²) in [6.07, 6.45) is 5.90. The van der Waals surface area contributed by atoms with Crippen molar-refractivity contribution in [2.45, 2.75) is 45.9 Å². The van der Waals surface area contributed by atoms with Gasteiger partial charge in [0.15, 0.2) is 5.11 Å². The third-order valence-corrected chi connectivity index (χ3v) is 6.02. The molecule has 162 valence electrons. The summed E-state index contributed by atoms with van der Waals surface area (Å²) in [4.78, 5) is 22.2. The third-order valence-electron chi connectivity index (χ3n) is 5.62. The van der Waals surface area contributed by atoms with Crippen LogP contribution in [0.2, 0.25) is 0 Å². The van der Waals surface area contributed by atoms with Crippen LogP contribution in [0.4, 0.5) is 0 Å². The molecule has 1 saturated heterocycles. The first kappa shape index (κ1) is 21.5. The fourth-order valence-electron chi connectivity index (χ4n) is 4.09. The summed E-state index contributed by atoms with van der Waals surface area (Å²) in [5.41, 5.74) is 4.76. The molecule has 2 N–H and O–H groups in total. The first-order valence-electron chi connectivity index (χ1n) is 10.7. The molecule has 0 amide bonds. The Kier molecular flexibility index (Phi) is 6.63. The molecule has 1 aliphatic rings. The van der Waals surface area contributed by atoms with Gasteiger partial charge in [-0.05, 0) is 73.6 Å². The van der Waals surface area contributed by atoms with Gasteiger partial charge in [-0.15, -0.1) is 0 Å². The molecule has 0 radical (unpaired) electrons. The molecule has 0 aliphatic carbocycles. The second-order valence-corrected chi connectivity index (χ2v) is 8.59. The SMILES string of the molecule is Cc1cc(C)c2[nH]c(=O)c(CN(Cc3cccnc3)C(=S)NC[C@@H]3CCCO3)cc2c1. The molecule has 6 nitrogen and oxygen atoms in total. The topological polar surface area (TPSA) is 70.2 Å². The number of hydrogen-bond donors (Lipinski definition) is 2. The number of aromatic nitrogens is 2. The predicted octanol–water partition coefficient (Wildman–Crippen LogP) is 3.60. The van der Waals surface area contributed by atoms with Gasteiger partial charge in [-0.3, -0.25) is 9.78 Å². The Bertz CT molecular complexity index is 1120. The lowest BCUT2D eigenvalue weighted by Crippen LogP contribution is -2.42. The van der Waals surface area contributed by atoms with E-state index < -0.39 is 0 Å². The van der Waals surface area contributed by atoms with Gasteiger partial charge in [0, 0.05) is 37.7 Å². The monoisotopic (exact) mass is 436 g/mol. The highest BCUT2D eigenvalue weighted by Crippen LogP contribution is 2.19. The van der Waals surface area contributed by atoms with Crippen molar-refractivity contribution in [2.24, 2.45) is 0 Å². The standard InChI is InChI=1S/C24H28N4O2S/c1-16-9-17(2)22-19(10-16)11-20(23(29)27-22)15-28(14-18-5-3-7-25-12-18)24(31)26-13-21-6-4-8-30-21/h3,5,7,9-12,21H,4,6,8,13-15H2,1-2H3,(H,26,31)(H,27,29)/t21-/m0/s1. The molecule has 7 heteroatoms. The molecule has 3 heterocycles. The maximum Gasteiger partial charge on any atom is 0.253 e. The highest BCUT2D eigenvalue weighted by Gasteiger charge is 2.19. The summed E-state index contributed by atoms with van der Waals surface area (Å²) >= 11 is 5.72. The second kappa shape index (κ2) is 9.58. The normalized spacial score (nSPS) is 15.9. The number of nitrogens with zero attached hydrogens (tertiary/aromatic N) is 2. The predicted molar refractivity (Wildman–Crippen MR) is 127 cm³/mol. The molecule has 1 atom stereocenters. The van der Waals surface area contributed by atoms with Gasteiger partial charge in [-0.1, -0.05) is 17.7 Å². The highest BCUT2D eigenvalue weighted by molar-refractivity contribution is 7.80. The third kappa shape index (κ3) is 5.29. The van der Waals surface area contributed by atoms with Crippen LogP contribution < -0.4 is 10.9 Å². The van der Waals surface area contributed by atoms with E-state index >= 15 is 0 Å². The van der Waals surface area contributed by atoms with Crippen LogP contribution >= 0.6 is 12.2 Å². The van der Waals surface area contributed by atoms with E-state index in [1.54, 1.807) is 6.20 Å². The number of pyridine rings is 2. The number of nitrogens with one attached hydrogen (secondary N) is 2. The minimum atomic E-state index is -0.0856. The lowest BCUT2D eigenvalue weighted by atomic mass is 10.1. The van der Waals surface area contributed by atoms with E-state index in [4.69, 9.17) is 17.0 Å². The van der Waals surface area contributed by atoms with E-state index in [9.17, 15) is 4.79 Å². The van der Waals surface area contributed by atoms with Gasteiger partial charge in [0.25, 0.3) is 5.56 Å². The molecule has 2 aromatic heterocycles. The van der Waals surface area contributed by atoms with Crippen LogP contribution in [0.25, 0.3) is 10.9 Å². The average Bonchev–Trinajstić information content (AvgIpc) is 3.27. The summed E-state index contributed by atoms with van der Waals surface area (Å²) in [6.45, 7) is 6.54.